The first kappa shape index (κ1) is 12.4. The van der Waals surface area contributed by atoms with Gasteiger partial charge in [0.2, 0.25) is 5.88 Å². The van der Waals surface area contributed by atoms with Gasteiger partial charge < -0.3 is 14.5 Å². The van der Waals surface area contributed by atoms with E-state index in [4.69, 9.17) is 14.5 Å². The molecular formula is C12H12BNO4. The second-order valence-electron chi connectivity index (χ2n) is 3.81. The first-order valence-corrected chi connectivity index (χ1v) is 5.37. The van der Waals surface area contributed by atoms with Crippen molar-refractivity contribution in [2.45, 2.75) is 0 Å². The largest absolute Gasteiger partial charge is 0.488 e. The summed E-state index contributed by atoms with van der Waals surface area (Å²) in [6.07, 6.45) is 1.49. The lowest BCUT2D eigenvalue weighted by atomic mass is 9.80. The van der Waals surface area contributed by atoms with E-state index in [0.717, 1.165) is 0 Å². The summed E-state index contributed by atoms with van der Waals surface area (Å²) in [7, 11) is 0.0765. The van der Waals surface area contributed by atoms with Crippen LogP contribution in [0.25, 0.3) is 0 Å². The van der Waals surface area contributed by atoms with E-state index in [-0.39, 0.29) is 5.91 Å². The molecule has 0 radical (unpaired) electrons. The molecule has 0 saturated carbocycles. The number of amides is 1. The van der Waals surface area contributed by atoms with Crippen molar-refractivity contribution in [3.8, 4) is 0 Å². The lowest BCUT2D eigenvalue weighted by Gasteiger charge is -2.14. The summed E-state index contributed by atoms with van der Waals surface area (Å²) in [5.74, 6) is 0.218. The van der Waals surface area contributed by atoms with Crippen LogP contribution in [0.2, 0.25) is 0 Å². The summed E-state index contributed by atoms with van der Waals surface area (Å²) >= 11 is 0. The minimum absolute atomic E-state index is 0.232. The van der Waals surface area contributed by atoms with E-state index in [1.54, 1.807) is 19.2 Å². The number of furan rings is 1. The van der Waals surface area contributed by atoms with Crippen LogP contribution in [0, 0.1) is 0 Å². The van der Waals surface area contributed by atoms with E-state index < -0.39 is 7.12 Å². The minimum Gasteiger partial charge on any atom is -0.448 e. The fourth-order valence-corrected chi connectivity index (χ4v) is 1.55. The summed E-state index contributed by atoms with van der Waals surface area (Å²) < 4.78 is 5.12. The van der Waals surface area contributed by atoms with Crippen LogP contribution in [-0.2, 0) is 0 Å². The third-order valence-corrected chi connectivity index (χ3v) is 2.60. The van der Waals surface area contributed by atoms with Crippen molar-refractivity contribution in [1.29, 1.82) is 0 Å². The van der Waals surface area contributed by atoms with Gasteiger partial charge in [0.05, 0.1) is 6.26 Å². The van der Waals surface area contributed by atoms with Gasteiger partial charge >= 0.3 is 7.12 Å². The van der Waals surface area contributed by atoms with E-state index in [1.165, 1.54) is 35.4 Å². The second-order valence-corrected chi connectivity index (χ2v) is 3.81. The number of hydrogen-bond donors (Lipinski definition) is 2. The molecule has 0 aliphatic rings. The van der Waals surface area contributed by atoms with Crippen molar-refractivity contribution >= 4 is 24.4 Å². The molecule has 0 unspecified atom stereocenters. The Labute approximate surface area is 104 Å². The van der Waals surface area contributed by atoms with Crippen molar-refractivity contribution in [3.63, 3.8) is 0 Å². The third kappa shape index (κ3) is 2.44. The van der Waals surface area contributed by atoms with E-state index in [9.17, 15) is 4.79 Å². The monoisotopic (exact) mass is 245 g/mol. The lowest BCUT2D eigenvalue weighted by Crippen LogP contribution is -2.31. The average molecular weight is 245 g/mol. The fraction of sp³-hybridized carbons (Fsp3) is 0.0833. The normalized spacial score (nSPS) is 10.2. The van der Waals surface area contributed by atoms with E-state index in [1.807, 2.05) is 0 Å². The highest BCUT2D eigenvalue weighted by atomic mass is 16.4. The first-order chi connectivity index (χ1) is 8.59. The Morgan fingerprint density at radius 3 is 2.39 bits per heavy atom. The highest BCUT2D eigenvalue weighted by molar-refractivity contribution is 6.58. The first-order valence-electron chi connectivity index (χ1n) is 5.37. The molecule has 2 aromatic rings. The number of anilines is 1. The smallest absolute Gasteiger partial charge is 0.448 e. The maximum Gasteiger partial charge on any atom is 0.488 e. The fourth-order valence-electron chi connectivity index (χ4n) is 1.55. The Hall–Kier alpha value is -2.05. The average Bonchev–Trinajstić information content (AvgIpc) is 2.91. The second kappa shape index (κ2) is 5.08. The van der Waals surface area contributed by atoms with E-state index in [2.05, 4.69) is 0 Å². The van der Waals surface area contributed by atoms with Crippen molar-refractivity contribution in [2.24, 2.45) is 0 Å². The Morgan fingerprint density at radius 2 is 1.89 bits per heavy atom. The molecule has 1 aromatic carbocycles. The van der Waals surface area contributed by atoms with E-state index >= 15 is 0 Å². The molecule has 1 aromatic heterocycles. The topological polar surface area (TPSA) is 73.9 Å². The highest BCUT2D eigenvalue weighted by Crippen LogP contribution is 2.15. The molecule has 1 amide bonds. The molecule has 6 heteroatoms. The molecular weight excluding hydrogens is 233 g/mol. The van der Waals surface area contributed by atoms with Crippen molar-refractivity contribution in [2.75, 3.05) is 11.9 Å². The third-order valence-electron chi connectivity index (χ3n) is 2.60. The molecule has 0 fully saturated rings. The van der Waals surface area contributed by atoms with Crippen molar-refractivity contribution in [1.82, 2.24) is 0 Å². The molecule has 92 valence electrons. The molecule has 2 rings (SSSR count). The van der Waals surface area contributed by atoms with Crippen LogP contribution in [0.1, 0.15) is 10.4 Å². The van der Waals surface area contributed by atoms with Crippen molar-refractivity contribution < 1.29 is 19.3 Å². The van der Waals surface area contributed by atoms with Crippen LogP contribution in [0.15, 0.2) is 47.1 Å². The summed E-state index contributed by atoms with van der Waals surface area (Å²) in [5.41, 5.74) is 0.783. The van der Waals surface area contributed by atoms with Crippen LogP contribution in [0.5, 0.6) is 0 Å². The number of carbonyl (C=O) groups excluding carboxylic acids is 1. The number of hydrogen-bond acceptors (Lipinski definition) is 4. The maximum absolute atomic E-state index is 12.1. The SMILES string of the molecule is CN(C(=O)c1ccc(B(O)O)cc1)c1ccco1. The van der Waals surface area contributed by atoms with Gasteiger partial charge in [0.15, 0.2) is 0 Å². The van der Waals surface area contributed by atoms with Gasteiger partial charge in [-0.1, -0.05) is 12.1 Å². The lowest BCUT2D eigenvalue weighted by molar-refractivity contribution is 0.0989. The van der Waals surface area contributed by atoms with Crippen LogP contribution in [0.3, 0.4) is 0 Å². The van der Waals surface area contributed by atoms with Crippen LogP contribution < -0.4 is 10.4 Å². The molecule has 0 bridgehead atoms. The Morgan fingerprint density at radius 1 is 1.22 bits per heavy atom. The highest BCUT2D eigenvalue weighted by Gasteiger charge is 2.16. The molecule has 0 saturated heterocycles. The molecule has 1 heterocycles. The zero-order valence-electron chi connectivity index (χ0n) is 9.78. The summed E-state index contributed by atoms with van der Waals surface area (Å²) in [6, 6.07) is 9.45. The van der Waals surface area contributed by atoms with Crippen LogP contribution in [-0.4, -0.2) is 30.1 Å². The number of rotatable bonds is 3. The maximum atomic E-state index is 12.1. The Kier molecular flexibility index (Phi) is 3.50. The molecule has 18 heavy (non-hydrogen) atoms. The van der Waals surface area contributed by atoms with Gasteiger partial charge in [-0.3, -0.25) is 9.69 Å². The molecule has 0 aliphatic heterocycles. The number of nitrogens with zero attached hydrogens (tertiary/aromatic N) is 1. The van der Waals surface area contributed by atoms with Gasteiger partial charge in [-0.2, -0.15) is 0 Å². The van der Waals surface area contributed by atoms with Gasteiger partial charge in [-0.05, 0) is 23.7 Å². The molecule has 0 atom stereocenters. The Bertz CT molecular complexity index is 522. The summed E-state index contributed by atoms with van der Waals surface area (Å²) in [5, 5.41) is 17.9. The Balaban J connectivity index is 2.19. The summed E-state index contributed by atoms with van der Waals surface area (Å²) in [4.78, 5) is 13.4. The summed E-state index contributed by atoms with van der Waals surface area (Å²) in [6.45, 7) is 0. The van der Waals surface area contributed by atoms with Crippen LogP contribution in [0.4, 0.5) is 5.88 Å². The standard InChI is InChI=1S/C12H12BNO4/c1-14(11-3-2-8-18-11)12(15)9-4-6-10(7-5-9)13(16)17/h2-8,16-17H,1H3. The zero-order chi connectivity index (χ0) is 13.1. The number of carbonyl (C=O) groups is 1. The molecule has 2 N–H and O–H groups in total. The van der Waals surface area contributed by atoms with E-state index in [0.29, 0.717) is 16.9 Å². The predicted octanol–water partition coefficient (Wildman–Crippen LogP) is 0.236. The van der Waals surface area contributed by atoms with Crippen LogP contribution >= 0.6 is 0 Å². The molecule has 0 aliphatic carbocycles. The number of benzene rings is 1. The minimum atomic E-state index is -1.53. The van der Waals surface area contributed by atoms with Gasteiger partial charge in [0.1, 0.15) is 0 Å². The van der Waals surface area contributed by atoms with Crippen molar-refractivity contribution in [3.05, 3.63) is 48.2 Å². The van der Waals surface area contributed by atoms with Gasteiger partial charge in [-0.25, -0.2) is 0 Å². The van der Waals surface area contributed by atoms with Gasteiger partial charge in [0.25, 0.3) is 5.91 Å². The predicted molar refractivity (Wildman–Crippen MR) is 67.7 cm³/mol. The van der Waals surface area contributed by atoms with Gasteiger partial charge in [-0.15, -0.1) is 0 Å². The van der Waals surface area contributed by atoms with Gasteiger partial charge in [0, 0.05) is 18.7 Å². The molecule has 5 nitrogen and oxygen atoms in total. The molecule has 0 spiro atoms. The zero-order valence-corrected chi connectivity index (χ0v) is 9.78. The quantitative estimate of drug-likeness (QED) is 0.759.